The van der Waals surface area contributed by atoms with Crippen molar-refractivity contribution in [3.8, 4) is 23.0 Å². The summed E-state index contributed by atoms with van der Waals surface area (Å²) in [4.78, 5) is 0. The van der Waals surface area contributed by atoms with Crippen LogP contribution in [0, 0.1) is 0 Å². The van der Waals surface area contributed by atoms with E-state index in [1.54, 1.807) is 13.2 Å². The summed E-state index contributed by atoms with van der Waals surface area (Å²) < 4.78 is 24.6. The van der Waals surface area contributed by atoms with E-state index in [0.717, 1.165) is 27.3 Å². The van der Waals surface area contributed by atoms with Crippen molar-refractivity contribution in [2.45, 2.75) is 17.5 Å². The minimum Gasteiger partial charge on any atom is -0.497 e. The molecule has 29 heavy (non-hydrogen) atoms. The number of hydrogen-bond donors (Lipinski definition) is 1. The number of nitrogen functional groups attached to an aromatic ring is 1. The summed E-state index contributed by atoms with van der Waals surface area (Å²) in [6.07, 6.45) is 0. The second-order valence-electron chi connectivity index (χ2n) is 6.11. The van der Waals surface area contributed by atoms with Crippen LogP contribution in [-0.2, 0) is 12.4 Å². The summed E-state index contributed by atoms with van der Waals surface area (Å²) in [5.74, 6) is 10.2. The average Bonchev–Trinajstić information content (AvgIpc) is 3.10. The van der Waals surface area contributed by atoms with Crippen LogP contribution in [0.1, 0.15) is 11.4 Å². The number of nitrogens with zero attached hydrogens (tertiary/aromatic N) is 3. The lowest BCUT2D eigenvalue weighted by Gasteiger charge is -2.19. The predicted molar refractivity (Wildman–Crippen MR) is 112 cm³/mol. The molecule has 2 heterocycles. The lowest BCUT2D eigenvalue weighted by atomic mass is 10.2. The van der Waals surface area contributed by atoms with E-state index in [9.17, 15) is 0 Å². The summed E-state index contributed by atoms with van der Waals surface area (Å²) in [6.45, 7) is 1.31. The molecule has 1 aliphatic rings. The first kappa shape index (κ1) is 19.7. The van der Waals surface area contributed by atoms with E-state index >= 15 is 0 Å². The van der Waals surface area contributed by atoms with Crippen molar-refractivity contribution < 1.29 is 18.9 Å². The maximum atomic E-state index is 6.15. The molecule has 0 spiro atoms. The Morgan fingerprint density at radius 1 is 1.14 bits per heavy atom. The second kappa shape index (κ2) is 8.83. The van der Waals surface area contributed by atoms with Crippen LogP contribution in [0.25, 0.3) is 0 Å². The number of aromatic nitrogens is 3. The number of ether oxygens (including phenoxy) is 4. The highest BCUT2D eigenvalue weighted by molar-refractivity contribution is 9.10. The Kier molecular flexibility index (Phi) is 6.00. The Balaban J connectivity index is 1.40. The number of rotatable bonds is 7. The highest BCUT2D eigenvalue weighted by Crippen LogP contribution is 2.37. The first-order valence-electron chi connectivity index (χ1n) is 8.81. The van der Waals surface area contributed by atoms with Crippen molar-refractivity contribution in [2.75, 3.05) is 26.2 Å². The fourth-order valence-corrected chi connectivity index (χ4v) is 4.22. The maximum absolute atomic E-state index is 6.15. The molecule has 0 aliphatic carbocycles. The molecule has 1 aromatic heterocycles. The molecule has 2 aromatic carbocycles. The van der Waals surface area contributed by atoms with Crippen LogP contribution in [0.2, 0.25) is 0 Å². The maximum Gasteiger partial charge on any atom is 0.210 e. The van der Waals surface area contributed by atoms with Gasteiger partial charge in [-0.2, -0.15) is 0 Å². The SMILES string of the molecule is COc1cccc(OCc2nnc(SCc3cc4c(cc3Br)OCCO4)n2N)c1. The third kappa shape index (κ3) is 4.54. The van der Waals surface area contributed by atoms with E-state index in [2.05, 4.69) is 26.1 Å². The summed E-state index contributed by atoms with van der Waals surface area (Å²) in [5, 5.41) is 8.90. The largest absolute Gasteiger partial charge is 0.497 e. The molecule has 0 bridgehead atoms. The van der Waals surface area contributed by atoms with Crippen molar-refractivity contribution in [2.24, 2.45) is 0 Å². The number of methoxy groups -OCH3 is 1. The monoisotopic (exact) mass is 478 g/mol. The fourth-order valence-electron chi connectivity index (χ4n) is 2.70. The van der Waals surface area contributed by atoms with Gasteiger partial charge in [-0.3, -0.25) is 0 Å². The molecule has 0 unspecified atom stereocenters. The van der Waals surface area contributed by atoms with Crippen molar-refractivity contribution in [1.29, 1.82) is 0 Å². The number of fused-ring (bicyclic) bond motifs is 1. The molecule has 8 nitrogen and oxygen atoms in total. The van der Waals surface area contributed by atoms with Gasteiger partial charge < -0.3 is 24.8 Å². The van der Waals surface area contributed by atoms with Gasteiger partial charge in [0.2, 0.25) is 5.16 Å². The zero-order chi connectivity index (χ0) is 20.2. The van der Waals surface area contributed by atoms with Gasteiger partial charge in [0.15, 0.2) is 17.3 Å². The summed E-state index contributed by atoms with van der Waals surface area (Å²) in [5.41, 5.74) is 1.05. The molecule has 2 N–H and O–H groups in total. The number of thioether (sulfide) groups is 1. The van der Waals surface area contributed by atoms with Crippen molar-refractivity contribution in [3.05, 3.63) is 52.3 Å². The number of nitrogens with two attached hydrogens (primary N) is 1. The molecule has 3 aromatic rings. The van der Waals surface area contributed by atoms with Gasteiger partial charge in [-0.15, -0.1) is 10.2 Å². The minimum atomic E-state index is 0.199. The van der Waals surface area contributed by atoms with Crippen LogP contribution >= 0.6 is 27.7 Å². The first-order valence-corrected chi connectivity index (χ1v) is 10.6. The van der Waals surface area contributed by atoms with Gasteiger partial charge in [-0.25, -0.2) is 4.68 Å². The zero-order valence-electron chi connectivity index (χ0n) is 15.6. The Morgan fingerprint density at radius 3 is 2.69 bits per heavy atom. The van der Waals surface area contributed by atoms with Crippen molar-refractivity contribution in [3.63, 3.8) is 0 Å². The average molecular weight is 479 g/mol. The van der Waals surface area contributed by atoms with Gasteiger partial charge in [0.1, 0.15) is 31.3 Å². The molecule has 0 saturated carbocycles. The van der Waals surface area contributed by atoms with E-state index in [0.29, 0.717) is 35.7 Å². The van der Waals surface area contributed by atoms with E-state index in [1.165, 1.54) is 16.4 Å². The smallest absolute Gasteiger partial charge is 0.210 e. The van der Waals surface area contributed by atoms with Gasteiger partial charge in [-0.05, 0) is 29.8 Å². The molecule has 0 amide bonds. The Bertz CT molecular complexity index is 1010. The second-order valence-corrected chi connectivity index (χ2v) is 7.91. The molecule has 0 atom stereocenters. The summed E-state index contributed by atoms with van der Waals surface area (Å²) >= 11 is 5.06. The number of halogens is 1. The molecular formula is C19H19BrN4O4S. The quantitative estimate of drug-likeness (QED) is 0.407. The van der Waals surface area contributed by atoms with Crippen LogP contribution in [0.5, 0.6) is 23.0 Å². The van der Waals surface area contributed by atoms with E-state index in [-0.39, 0.29) is 6.61 Å². The third-order valence-corrected chi connectivity index (χ3v) is 5.94. The molecule has 0 saturated heterocycles. The van der Waals surface area contributed by atoms with E-state index in [1.807, 2.05) is 30.3 Å². The molecular weight excluding hydrogens is 460 g/mol. The van der Waals surface area contributed by atoms with Crippen LogP contribution in [-0.4, -0.2) is 35.2 Å². The van der Waals surface area contributed by atoms with Gasteiger partial charge in [0.05, 0.1) is 7.11 Å². The van der Waals surface area contributed by atoms with Crippen LogP contribution in [0.4, 0.5) is 0 Å². The number of benzene rings is 2. The van der Waals surface area contributed by atoms with Crippen LogP contribution in [0.15, 0.2) is 46.0 Å². The lowest BCUT2D eigenvalue weighted by Crippen LogP contribution is -2.16. The molecule has 4 rings (SSSR count). The fraction of sp³-hybridized carbons (Fsp3) is 0.263. The van der Waals surface area contributed by atoms with Gasteiger partial charge >= 0.3 is 0 Å². The first-order chi connectivity index (χ1) is 14.1. The Hall–Kier alpha value is -2.59. The highest BCUT2D eigenvalue weighted by Gasteiger charge is 2.17. The molecule has 10 heteroatoms. The van der Waals surface area contributed by atoms with Crippen LogP contribution in [0.3, 0.4) is 0 Å². The molecule has 152 valence electrons. The third-order valence-electron chi connectivity index (χ3n) is 4.21. The number of hydrogen-bond acceptors (Lipinski definition) is 8. The highest BCUT2D eigenvalue weighted by atomic mass is 79.9. The summed E-state index contributed by atoms with van der Waals surface area (Å²) in [7, 11) is 1.61. The van der Waals surface area contributed by atoms with Crippen LogP contribution < -0.4 is 24.8 Å². The standard InChI is InChI=1S/C19H19BrN4O4S/c1-25-13-3-2-4-14(8-13)28-10-18-22-23-19(24(18)21)29-11-12-7-16-17(9-15(12)20)27-6-5-26-16/h2-4,7-9H,5-6,10-11,21H2,1H3. The topological polar surface area (TPSA) is 93.6 Å². The zero-order valence-corrected chi connectivity index (χ0v) is 18.0. The minimum absolute atomic E-state index is 0.199. The molecule has 0 fully saturated rings. The van der Waals surface area contributed by atoms with Gasteiger partial charge in [0.25, 0.3) is 0 Å². The predicted octanol–water partition coefficient (Wildman–Crippen LogP) is 3.41. The molecule has 1 aliphatic heterocycles. The lowest BCUT2D eigenvalue weighted by molar-refractivity contribution is 0.171. The van der Waals surface area contributed by atoms with Crippen molar-refractivity contribution in [1.82, 2.24) is 14.9 Å². The van der Waals surface area contributed by atoms with E-state index in [4.69, 9.17) is 24.8 Å². The summed E-state index contributed by atoms with van der Waals surface area (Å²) in [6, 6.07) is 11.2. The normalized spacial score (nSPS) is 12.6. The Morgan fingerprint density at radius 2 is 1.90 bits per heavy atom. The van der Waals surface area contributed by atoms with E-state index < -0.39 is 0 Å². The van der Waals surface area contributed by atoms with Gasteiger partial charge in [0, 0.05) is 16.3 Å². The van der Waals surface area contributed by atoms with Crippen molar-refractivity contribution >= 4 is 27.7 Å². The van der Waals surface area contributed by atoms with Gasteiger partial charge in [-0.1, -0.05) is 33.8 Å². The molecule has 0 radical (unpaired) electrons. The Labute approximate surface area is 180 Å².